The lowest BCUT2D eigenvalue weighted by atomic mass is 10.1. The first-order valence-corrected chi connectivity index (χ1v) is 10.9. The molecule has 1 fully saturated rings. The monoisotopic (exact) mass is 437 g/mol. The lowest BCUT2D eigenvalue weighted by Crippen LogP contribution is -2.29. The molecule has 1 amide bonds. The Morgan fingerprint density at radius 3 is 2.66 bits per heavy atom. The van der Waals surface area contributed by atoms with Crippen molar-refractivity contribution in [3.05, 3.63) is 28.7 Å². The van der Waals surface area contributed by atoms with Gasteiger partial charge in [-0.2, -0.15) is 0 Å². The van der Waals surface area contributed by atoms with Crippen LogP contribution in [0.3, 0.4) is 0 Å². The number of hydrogen-bond donors (Lipinski definition) is 0. The third-order valence-electron chi connectivity index (χ3n) is 3.87. The van der Waals surface area contributed by atoms with E-state index in [9.17, 15) is 9.59 Å². The molecule has 158 valence electrons. The molecule has 1 aromatic carbocycles. The molecule has 0 saturated carbocycles. The van der Waals surface area contributed by atoms with Crippen LogP contribution in [-0.2, 0) is 14.3 Å². The van der Waals surface area contributed by atoms with Crippen LogP contribution in [0.5, 0.6) is 11.5 Å². The van der Waals surface area contributed by atoms with E-state index in [-0.39, 0.29) is 24.4 Å². The van der Waals surface area contributed by atoms with E-state index in [4.69, 9.17) is 26.4 Å². The highest BCUT2D eigenvalue weighted by Crippen LogP contribution is 2.35. The van der Waals surface area contributed by atoms with Crippen LogP contribution < -0.4 is 9.47 Å². The van der Waals surface area contributed by atoms with Crippen molar-refractivity contribution < 1.29 is 23.8 Å². The predicted octanol–water partition coefficient (Wildman–Crippen LogP) is 4.42. The Morgan fingerprint density at radius 1 is 1.24 bits per heavy atom. The summed E-state index contributed by atoms with van der Waals surface area (Å²) in [6, 6.07) is 5.58. The molecule has 1 aromatic rings. The van der Waals surface area contributed by atoms with E-state index in [2.05, 4.69) is 0 Å². The second-order valence-electron chi connectivity index (χ2n) is 6.55. The summed E-state index contributed by atoms with van der Waals surface area (Å²) in [7, 11) is 0. The fourth-order valence-electron chi connectivity index (χ4n) is 2.69. The fraction of sp³-hybridized carbons (Fsp3) is 0.476. The molecule has 2 rings (SSSR count). The van der Waals surface area contributed by atoms with Gasteiger partial charge in [-0.1, -0.05) is 30.0 Å². The smallest absolute Gasteiger partial charge is 0.305 e. The Kier molecular flexibility index (Phi) is 8.98. The van der Waals surface area contributed by atoms with Crippen LogP contribution >= 0.6 is 24.0 Å². The minimum absolute atomic E-state index is 0.0333. The Bertz CT molecular complexity index is 791. The third-order valence-corrected chi connectivity index (χ3v) is 5.25. The maximum Gasteiger partial charge on any atom is 0.305 e. The van der Waals surface area contributed by atoms with Crippen molar-refractivity contribution in [1.29, 1.82) is 0 Å². The number of nitrogens with zero attached hydrogens (tertiary/aromatic N) is 1. The molecule has 29 heavy (non-hydrogen) atoms. The van der Waals surface area contributed by atoms with Gasteiger partial charge in [0, 0.05) is 13.0 Å². The molecule has 1 aliphatic rings. The highest BCUT2D eigenvalue weighted by atomic mass is 32.2. The number of thioether (sulfide) groups is 1. The zero-order chi connectivity index (χ0) is 21.4. The van der Waals surface area contributed by atoms with Gasteiger partial charge in [0.25, 0.3) is 5.91 Å². The van der Waals surface area contributed by atoms with Crippen molar-refractivity contribution in [2.24, 2.45) is 0 Å². The molecule has 0 unspecified atom stereocenters. The highest BCUT2D eigenvalue weighted by Gasteiger charge is 2.31. The van der Waals surface area contributed by atoms with Crippen LogP contribution in [0.4, 0.5) is 0 Å². The van der Waals surface area contributed by atoms with Crippen molar-refractivity contribution >= 4 is 46.3 Å². The first-order valence-electron chi connectivity index (χ1n) is 9.70. The maximum atomic E-state index is 12.7. The van der Waals surface area contributed by atoms with E-state index in [1.54, 1.807) is 13.0 Å². The van der Waals surface area contributed by atoms with Gasteiger partial charge in [0.05, 0.1) is 24.2 Å². The topological polar surface area (TPSA) is 65.1 Å². The summed E-state index contributed by atoms with van der Waals surface area (Å²) >= 11 is 6.60. The van der Waals surface area contributed by atoms with E-state index in [0.717, 1.165) is 5.56 Å². The van der Waals surface area contributed by atoms with E-state index in [0.29, 0.717) is 46.9 Å². The third kappa shape index (κ3) is 6.75. The molecule has 0 aromatic heterocycles. The SMILES string of the molecule is CCOC(=O)CCCN1C(=O)/C(=C/c2ccc(OC(C)C)c(OCC)c2)SC1=S. The largest absolute Gasteiger partial charge is 0.490 e. The van der Waals surface area contributed by atoms with Crippen molar-refractivity contribution in [3.8, 4) is 11.5 Å². The standard InChI is InChI=1S/C21H27NO5S2/c1-5-25-17-12-15(9-10-16(17)27-14(3)4)13-18-20(24)22(21(28)29-18)11-7-8-19(23)26-6-2/h9-10,12-14H,5-8,11H2,1-4H3/b18-13-. The van der Waals surface area contributed by atoms with Gasteiger partial charge in [-0.3, -0.25) is 14.5 Å². The van der Waals surface area contributed by atoms with Crippen LogP contribution in [0.25, 0.3) is 6.08 Å². The maximum absolute atomic E-state index is 12.7. The Hall–Kier alpha value is -2.06. The summed E-state index contributed by atoms with van der Waals surface area (Å²) in [5, 5.41) is 0. The summed E-state index contributed by atoms with van der Waals surface area (Å²) < 4.78 is 16.9. The van der Waals surface area contributed by atoms with Crippen LogP contribution in [0.15, 0.2) is 23.1 Å². The normalized spacial score (nSPS) is 15.3. The molecule has 0 bridgehead atoms. The summed E-state index contributed by atoms with van der Waals surface area (Å²) in [4.78, 5) is 26.3. The van der Waals surface area contributed by atoms with Gasteiger partial charge in [-0.25, -0.2) is 0 Å². The number of benzene rings is 1. The zero-order valence-corrected chi connectivity index (χ0v) is 18.9. The van der Waals surface area contributed by atoms with E-state index >= 15 is 0 Å². The minimum atomic E-state index is -0.263. The number of thiocarbonyl (C=S) groups is 1. The molecule has 1 heterocycles. The van der Waals surface area contributed by atoms with Gasteiger partial charge in [-0.05, 0) is 57.9 Å². The number of amides is 1. The number of esters is 1. The number of rotatable bonds is 10. The molecule has 1 saturated heterocycles. The second-order valence-corrected chi connectivity index (χ2v) is 8.22. The molecule has 8 heteroatoms. The van der Waals surface area contributed by atoms with Gasteiger partial charge in [-0.15, -0.1) is 0 Å². The summed E-state index contributed by atoms with van der Waals surface area (Å²) in [5.41, 5.74) is 0.830. The van der Waals surface area contributed by atoms with Gasteiger partial charge in [0.15, 0.2) is 11.5 Å². The molecule has 0 radical (unpaired) electrons. The number of hydrogen-bond acceptors (Lipinski definition) is 7. The Morgan fingerprint density at radius 2 is 2.00 bits per heavy atom. The first kappa shape index (κ1) is 23.2. The summed E-state index contributed by atoms with van der Waals surface area (Å²) in [6.07, 6.45) is 2.60. The molecule has 1 aliphatic heterocycles. The zero-order valence-electron chi connectivity index (χ0n) is 17.2. The molecular weight excluding hydrogens is 410 g/mol. The quantitative estimate of drug-likeness (QED) is 0.305. The lowest BCUT2D eigenvalue weighted by molar-refractivity contribution is -0.143. The van der Waals surface area contributed by atoms with Crippen molar-refractivity contribution in [2.75, 3.05) is 19.8 Å². The number of carbonyl (C=O) groups excluding carboxylic acids is 2. The van der Waals surface area contributed by atoms with Crippen LogP contribution in [-0.4, -0.2) is 47.0 Å². The second kappa shape index (κ2) is 11.2. The number of carbonyl (C=O) groups is 2. The lowest BCUT2D eigenvalue weighted by Gasteiger charge is -2.15. The van der Waals surface area contributed by atoms with Gasteiger partial charge >= 0.3 is 5.97 Å². The van der Waals surface area contributed by atoms with Crippen LogP contribution in [0, 0.1) is 0 Å². The minimum Gasteiger partial charge on any atom is -0.490 e. The number of ether oxygens (including phenoxy) is 3. The summed E-state index contributed by atoms with van der Waals surface area (Å²) in [6.45, 7) is 8.85. The molecule has 6 nitrogen and oxygen atoms in total. The average Bonchev–Trinajstić information content (AvgIpc) is 2.91. The van der Waals surface area contributed by atoms with Crippen LogP contribution in [0.1, 0.15) is 46.1 Å². The predicted molar refractivity (Wildman–Crippen MR) is 119 cm³/mol. The highest BCUT2D eigenvalue weighted by molar-refractivity contribution is 8.26. The average molecular weight is 438 g/mol. The van der Waals surface area contributed by atoms with E-state index < -0.39 is 0 Å². The van der Waals surface area contributed by atoms with Crippen molar-refractivity contribution in [3.63, 3.8) is 0 Å². The molecule has 0 spiro atoms. The van der Waals surface area contributed by atoms with Gasteiger partial charge in [0.2, 0.25) is 0 Å². The van der Waals surface area contributed by atoms with E-state index in [1.165, 1.54) is 16.7 Å². The Labute approximate surface area is 181 Å². The van der Waals surface area contributed by atoms with Gasteiger partial charge in [0.1, 0.15) is 4.32 Å². The molecule has 0 aliphatic carbocycles. The fourth-order valence-corrected chi connectivity index (χ4v) is 4.00. The summed E-state index contributed by atoms with van der Waals surface area (Å²) in [5.74, 6) is 0.898. The van der Waals surface area contributed by atoms with Crippen LogP contribution in [0.2, 0.25) is 0 Å². The van der Waals surface area contributed by atoms with Crippen molar-refractivity contribution in [2.45, 2.75) is 46.6 Å². The Balaban J connectivity index is 2.10. The molecule has 0 atom stereocenters. The molecular formula is C21H27NO5S2. The first-order chi connectivity index (χ1) is 13.8. The molecule has 0 N–H and O–H groups in total. The van der Waals surface area contributed by atoms with Gasteiger partial charge < -0.3 is 14.2 Å². The van der Waals surface area contributed by atoms with E-state index in [1.807, 2.05) is 39.0 Å². The van der Waals surface area contributed by atoms with Crippen molar-refractivity contribution in [1.82, 2.24) is 4.90 Å².